The van der Waals surface area contributed by atoms with Gasteiger partial charge in [0.05, 0.1) is 5.75 Å². The number of hydrogen-bond donors (Lipinski definition) is 1. The Morgan fingerprint density at radius 1 is 1.27 bits per heavy atom. The molecule has 6 heteroatoms. The fraction of sp³-hybridized carbons (Fsp3) is 0.333. The fourth-order valence-corrected chi connectivity index (χ4v) is 2.46. The number of aromatic hydroxyl groups is 1. The second-order valence-corrected chi connectivity index (χ2v) is 5.04. The lowest BCUT2D eigenvalue weighted by molar-refractivity contribution is 0.145. The van der Waals surface area contributed by atoms with Crippen molar-refractivity contribution in [2.75, 3.05) is 5.75 Å². The summed E-state index contributed by atoms with van der Waals surface area (Å²) in [4.78, 5) is -0.300. The van der Waals surface area contributed by atoms with Crippen molar-refractivity contribution in [3.05, 3.63) is 24.3 Å². The number of rotatable bonds is 4. The lowest BCUT2D eigenvalue weighted by Gasteiger charge is -2.05. The largest absolute Gasteiger partial charge is 0.507 e. The predicted octanol–water partition coefficient (Wildman–Crippen LogP) is 1.82. The zero-order valence-electron chi connectivity index (χ0n) is 7.73. The van der Waals surface area contributed by atoms with E-state index in [2.05, 4.69) is 0 Å². The zero-order chi connectivity index (χ0) is 11.5. The molecule has 0 aliphatic rings. The average Bonchev–Trinajstić information content (AvgIpc) is 2.15. The highest BCUT2D eigenvalue weighted by atomic mass is 32.2. The molecule has 1 aromatic rings. The van der Waals surface area contributed by atoms with Gasteiger partial charge in [-0.3, -0.25) is 0 Å². The molecule has 1 N–H and O–H groups in total. The zero-order valence-corrected chi connectivity index (χ0v) is 8.55. The molecule has 0 amide bonds. The Hall–Kier alpha value is -1.17. The standard InChI is InChI=1S/C9H10F2O3S/c10-9(11)5-6-15(13,14)8-4-2-1-3-7(8)12/h1-4,9,12H,5-6H2. The van der Waals surface area contributed by atoms with Crippen molar-refractivity contribution >= 4 is 9.84 Å². The minimum Gasteiger partial charge on any atom is -0.507 e. The summed E-state index contributed by atoms with van der Waals surface area (Å²) in [6, 6.07) is 5.28. The Balaban J connectivity index is 2.92. The Kier molecular flexibility index (Phi) is 3.62. The Morgan fingerprint density at radius 3 is 2.40 bits per heavy atom. The summed E-state index contributed by atoms with van der Waals surface area (Å²) in [6.45, 7) is 0. The number of benzene rings is 1. The number of alkyl halides is 2. The molecule has 1 rings (SSSR count). The first-order valence-electron chi connectivity index (χ1n) is 4.22. The van der Waals surface area contributed by atoms with E-state index < -0.39 is 34.2 Å². The van der Waals surface area contributed by atoms with Crippen molar-refractivity contribution < 1.29 is 22.3 Å². The van der Waals surface area contributed by atoms with Gasteiger partial charge in [0.15, 0.2) is 9.84 Å². The Labute approximate surface area is 86.3 Å². The number of phenolic OH excluding ortho intramolecular Hbond substituents is 1. The molecule has 0 atom stereocenters. The van der Waals surface area contributed by atoms with Gasteiger partial charge in [0, 0.05) is 6.42 Å². The molecule has 0 aromatic heterocycles. The molecular formula is C9H10F2O3S. The van der Waals surface area contributed by atoms with E-state index in [0.717, 1.165) is 0 Å². The second-order valence-electron chi connectivity index (χ2n) is 2.97. The van der Waals surface area contributed by atoms with Gasteiger partial charge in [0.2, 0.25) is 6.43 Å². The van der Waals surface area contributed by atoms with Gasteiger partial charge in [-0.15, -0.1) is 0 Å². The summed E-state index contributed by atoms with van der Waals surface area (Å²) in [7, 11) is -3.82. The molecule has 0 saturated heterocycles. The maximum Gasteiger partial charge on any atom is 0.239 e. The normalized spacial score (nSPS) is 11.9. The first kappa shape index (κ1) is 11.9. The topological polar surface area (TPSA) is 54.4 Å². The van der Waals surface area contributed by atoms with Gasteiger partial charge in [0.1, 0.15) is 10.6 Å². The summed E-state index contributed by atoms with van der Waals surface area (Å²) >= 11 is 0. The summed E-state index contributed by atoms with van der Waals surface area (Å²) in [5.74, 6) is -1.07. The number of halogens is 2. The number of hydrogen-bond acceptors (Lipinski definition) is 3. The van der Waals surface area contributed by atoms with Crippen molar-refractivity contribution in [3.8, 4) is 5.75 Å². The molecule has 1 aromatic carbocycles. The van der Waals surface area contributed by atoms with Gasteiger partial charge < -0.3 is 5.11 Å². The monoisotopic (exact) mass is 236 g/mol. The van der Waals surface area contributed by atoms with Crippen molar-refractivity contribution in [2.45, 2.75) is 17.7 Å². The van der Waals surface area contributed by atoms with Gasteiger partial charge in [-0.1, -0.05) is 12.1 Å². The van der Waals surface area contributed by atoms with Crippen LogP contribution in [0.4, 0.5) is 8.78 Å². The van der Waals surface area contributed by atoms with Crippen LogP contribution in [-0.4, -0.2) is 25.7 Å². The fourth-order valence-electron chi connectivity index (χ4n) is 1.07. The minimum atomic E-state index is -3.82. The van der Waals surface area contributed by atoms with Crippen LogP contribution in [0.5, 0.6) is 5.75 Å². The number of sulfone groups is 1. The first-order valence-corrected chi connectivity index (χ1v) is 5.87. The molecule has 0 radical (unpaired) electrons. The van der Waals surface area contributed by atoms with Crippen LogP contribution in [0.1, 0.15) is 6.42 Å². The molecule has 0 heterocycles. The lowest BCUT2D eigenvalue weighted by Crippen LogP contribution is -2.10. The van der Waals surface area contributed by atoms with Crippen molar-refractivity contribution in [1.29, 1.82) is 0 Å². The molecule has 0 fully saturated rings. The van der Waals surface area contributed by atoms with E-state index >= 15 is 0 Å². The third-order valence-electron chi connectivity index (χ3n) is 1.81. The summed E-state index contributed by atoms with van der Waals surface area (Å²) < 4.78 is 46.6. The number of phenols is 1. The van der Waals surface area contributed by atoms with E-state index in [1.54, 1.807) is 0 Å². The Morgan fingerprint density at radius 2 is 1.87 bits per heavy atom. The highest BCUT2D eigenvalue weighted by Gasteiger charge is 2.19. The Bertz CT molecular complexity index is 429. The molecule has 0 saturated carbocycles. The van der Waals surface area contributed by atoms with E-state index in [0.29, 0.717) is 0 Å². The molecule has 0 bridgehead atoms. The van der Waals surface area contributed by atoms with E-state index in [1.165, 1.54) is 24.3 Å². The maximum absolute atomic E-state index is 11.9. The number of para-hydroxylation sites is 1. The van der Waals surface area contributed by atoms with E-state index in [9.17, 15) is 22.3 Å². The maximum atomic E-state index is 11.9. The molecule has 0 unspecified atom stereocenters. The highest BCUT2D eigenvalue weighted by molar-refractivity contribution is 7.91. The molecule has 3 nitrogen and oxygen atoms in total. The summed E-state index contributed by atoms with van der Waals surface area (Å²) in [5.41, 5.74) is 0. The van der Waals surface area contributed by atoms with Crippen LogP contribution >= 0.6 is 0 Å². The predicted molar refractivity (Wildman–Crippen MR) is 50.8 cm³/mol. The third-order valence-corrected chi connectivity index (χ3v) is 3.59. The van der Waals surface area contributed by atoms with Crippen molar-refractivity contribution in [1.82, 2.24) is 0 Å². The van der Waals surface area contributed by atoms with E-state index in [4.69, 9.17) is 0 Å². The van der Waals surface area contributed by atoms with Gasteiger partial charge in [-0.05, 0) is 12.1 Å². The van der Waals surface area contributed by atoms with Crippen LogP contribution in [0.2, 0.25) is 0 Å². The summed E-state index contributed by atoms with van der Waals surface area (Å²) in [6.07, 6.45) is -3.39. The molecule has 0 aliphatic heterocycles. The molecule has 0 aliphatic carbocycles. The third kappa shape index (κ3) is 3.16. The quantitative estimate of drug-likeness (QED) is 0.867. The molecule has 84 valence electrons. The minimum absolute atomic E-state index is 0.300. The van der Waals surface area contributed by atoms with Gasteiger partial charge in [0.25, 0.3) is 0 Å². The average molecular weight is 236 g/mol. The summed E-state index contributed by atoms with van der Waals surface area (Å²) in [5, 5.41) is 9.24. The second kappa shape index (κ2) is 4.57. The van der Waals surface area contributed by atoms with Crippen molar-refractivity contribution in [3.63, 3.8) is 0 Å². The molecule has 15 heavy (non-hydrogen) atoms. The van der Waals surface area contributed by atoms with Gasteiger partial charge in [-0.25, -0.2) is 17.2 Å². The van der Waals surface area contributed by atoms with Crippen LogP contribution in [0.25, 0.3) is 0 Å². The van der Waals surface area contributed by atoms with E-state index in [1.807, 2.05) is 0 Å². The smallest absolute Gasteiger partial charge is 0.239 e. The molecular weight excluding hydrogens is 226 g/mol. The molecule has 0 spiro atoms. The van der Waals surface area contributed by atoms with Crippen LogP contribution in [0.3, 0.4) is 0 Å². The SMILES string of the molecule is O=S(=O)(CCC(F)F)c1ccccc1O. The van der Waals surface area contributed by atoms with Crippen molar-refractivity contribution in [2.24, 2.45) is 0 Å². The van der Waals surface area contributed by atoms with Crippen LogP contribution in [0.15, 0.2) is 29.2 Å². The van der Waals surface area contributed by atoms with Gasteiger partial charge >= 0.3 is 0 Å². The van der Waals surface area contributed by atoms with E-state index in [-0.39, 0.29) is 4.90 Å². The highest BCUT2D eigenvalue weighted by Crippen LogP contribution is 2.23. The lowest BCUT2D eigenvalue weighted by atomic mass is 10.3. The van der Waals surface area contributed by atoms with Crippen LogP contribution < -0.4 is 0 Å². The van der Waals surface area contributed by atoms with Crippen LogP contribution in [0, 0.1) is 0 Å². The first-order chi connectivity index (χ1) is 6.93. The van der Waals surface area contributed by atoms with Crippen LogP contribution in [-0.2, 0) is 9.84 Å². The van der Waals surface area contributed by atoms with Gasteiger partial charge in [-0.2, -0.15) is 0 Å².